The summed E-state index contributed by atoms with van der Waals surface area (Å²) in [5.41, 5.74) is 0. The van der Waals surface area contributed by atoms with E-state index in [9.17, 15) is 0 Å². The highest BCUT2D eigenvalue weighted by Gasteiger charge is 1.87. The molecule has 0 bridgehead atoms. The molecule has 0 aliphatic rings. The van der Waals surface area contributed by atoms with E-state index in [4.69, 9.17) is 17.5 Å². The molecule has 0 aromatic heterocycles. The minimum Gasteiger partial charge on any atom is -0.412 e. The lowest BCUT2D eigenvalue weighted by molar-refractivity contribution is 0.381. The van der Waals surface area contributed by atoms with Crippen molar-refractivity contribution >= 4 is 27.8 Å². The molecule has 12 heteroatoms. The molecule has 0 rings (SSSR count). The third-order valence-corrected chi connectivity index (χ3v) is 1.96. The highest BCUT2D eigenvalue weighted by atomic mass is 32.3. The van der Waals surface area contributed by atoms with Crippen molar-refractivity contribution in [3.05, 3.63) is 0 Å². The highest BCUT2D eigenvalue weighted by Crippen LogP contribution is 2.07. The molecule has 0 amide bonds. The Kier molecular flexibility index (Phi) is 112. The normalized spacial score (nSPS) is 7.27. The van der Waals surface area contributed by atoms with Crippen molar-refractivity contribution < 1.29 is 50.4 Å². The fourth-order valence-corrected chi connectivity index (χ4v) is 1.21. The summed E-state index contributed by atoms with van der Waals surface area (Å²) in [6.07, 6.45) is 11.5. The second-order valence-electron chi connectivity index (χ2n) is 3.57. The van der Waals surface area contributed by atoms with Gasteiger partial charge in [-0.15, -0.1) is 0 Å². The largest absolute Gasteiger partial charge is 0.412 e. The van der Waals surface area contributed by atoms with Gasteiger partial charge in [-0.05, 0) is 0 Å². The van der Waals surface area contributed by atoms with Crippen molar-refractivity contribution in [2.45, 2.75) is 65.2 Å². The van der Waals surface area contributed by atoms with Gasteiger partial charge < -0.3 is 32.9 Å². The zero-order chi connectivity index (χ0) is 12.2. The second kappa shape index (κ2) is 42.9. The Morgan fingerprint density at radius 2 is 0.727 bits per heavy atom. The van der Waals surface area contributed by atoms with E-state index in [1.165, 1.54) is 51.4 Å². The average Bonchev–Trinajstić information content (AvgIpc) is 2.08. The van der Waals surface area contributed by atoms with E-state index in [1.54, 1.807) is 0 Å². The Morgan fingerprint density at radius 1 is 0.591 bits per heavy atom. The van der Waals surface area contributed by atoms with Gasteiger partial charge in [-0.25, -0.2) is 0 Å². The molecule has 0 radical (unpaired) electrons. The molecule has 0 aliphatic heterocycles. The lowest BCUT2D eigenvalue weighted by Crippen LogP contribution is -1.89. The van der Waals surface area contributed by atoms with E-state index in [0.717, 1.165) is 0 Å². The van der Waals surface area contributed by atoms with Crippen molar-refractivity contribution in [3.63, 3.8) is 0 Å². The fraction of sp³-hybridized carbons (Fsp3) is 1.00. The van der Waals surface area contributed by atoms with Gasteiger partial charge in [0, 0.05) is 0 Å². The van der Waals surface area contributed by atoms with Crippen LogP contribution in [0.2, 0.25) is 0 Å². The molecule has 0 saturated heterocycles. The van der Waals surface area contributed by atoms with Crippen LogP contribution in [0.1, 0.15) is 65.2 Å². The summed E-state index contributed by atoms with van der Waals surface area (Å²) in [4.78, 5) is 0. The van der Waals surface area contributed by atoms with Crippen LogP contribution in [-0.2, 0) is 10.4 Å². The molecule has 0 saturated carbocycles. The molecule has 14 N–H and O–H groups in total. The Balaban J connectivity index is -0.0000000183. The molecule has 0 aromatic carbocycles. The molecule has 22 heavy (non-hydrogen) atoms. The standard InChI is InChI=1S/C10H22.Al.H2O4S.6H2O.3H/c1-3-5-7-9-10-8-6-4-2;;1-5(2,3)4;;;;;;;;;/h3-10H2,1-2H3;;(H2,1,2,3,4);6*1H2;;;. The number of unbranched alkanes of at least 4 members (excludes halogenated alkanes) is 7. The predicted octanol–water partition coefficient (Wildman–Crippen LogP) is -2.64. The molecule has 0 aliphatic carbocycles. The van der Waals surface area contributed by atoms with E-state index in [0.29, 0.717) is 0 Å². The summed E-state index contributed by atoms with van der Waals surface area (Å²) < 4.78 is 31.6. The smallest absolute Gasteiger partial charge is 0.394 e. The monoisotopic (exact) mass is 378 g/mol. The van der Waals surface area contributed by atoms with Crippen molar-refractivity contribution in [2.75, 3.05) is 0 Å². The Labute approximate surface area is 143 Å². The van der Waals surface area contributed by atoms with Crippen LogP contribution < -0.4 is 0 Å². The molecule has 0 atom stereocenters. The van der Waals surface area contributed by atoms with Gasteiger partial charge in [0.15, 0.2) is 17.4 Å². The van der Waals surface area contributed by atoms with Gasteiger partial charge >= 0.3 is 10.4 Å². The van der Waals surface area contributed by atoms with Crippen molar-refractivity contribution in [1.29, 1.82) is 0 Å². The molecule has 0 aromatic rings. The molecule has 0 heterocycles. The van der Waals surface area contributed by atoms with Gasteiger partial charge in [0.2, 0.25) is 0 Å². The maximum absolute atomic E-state index is 8.74. The zero-order valence-electron chi connectivity index (χ0n) is 12.8. The number of rotatable bonds is 7. The second-order valence-corrected chi connectivity index (χ2v) is 4.46. The van der Waals surface area contributed by atoms with Gasteiger partial charge in [0.25, 0.3) is 0 Å². The Bertz CT molecular complexity index is 198. The molecule has 10 nitrogen and oxygen atoms in total. The van der Waals surface area contributed by atoms with Crippen LogP contribution in [-0.4, -0.2) is 67.7 Å². The van der Waals surface area contributed by atoms with Crippen LogP contribution in [0.5, 0.6) is 0 Å². The van der Waals surface area contributed by atoms with Gasteiger partial charge in [-0.1, -0.05) is 65.2 Å². The number of hydrogen-bond donors (Lipinski definition) is 2. The van der Waals surface area contributed by atoms with Gasteiger partial charge in [-0.3, -0.25) is 9.11 Å². The minimum atomic E-state index is -4.67. The van der Waals surface area contributed by atoms with E-state index in [-0.39, 0.29) is 50.2 Å². The minimum absolute atomic E-state index is 0. The third kappa shape index (κ3) is 144. The van der Waals surface area contributed by atoms with E-state index < -0.39 is 10.4 Å². The van der Waals surface area contributed by atoms with Crippen LogP contribution in [0.25, 0.3) is 0 Å². The topological polar surface area (TPSA) is 264 Å². The van der Waals surface area contributed by atoms with E-state index in [2.05, 4.69) is 13.8 Å². The average molecular weight is 378 g/mol. The lowest BCUT2D eigenvalue weighted by Gasteiger charge is -1.97. The van der Waals surface area contributed by atoms with Crippen molar-refractivity contribution in [3.8, 4) is 0 Å². The first-order valence-electron chi connectivity index (χ1n) is 5.61. The van der Waals surface area contributed by atoms with E-state index in [1.807, 2.05) is 0 Å². The Morgan fingerprint density at radius 3 is 0.864 bits per heavy atom. The summed E-state index contributed by atoms with van der Waals surface area (Å²) in [5.74, 6) is 0. The molecular weight excluding hydrogens is 339 g/mol. The van der Waals surface area contributed by atoms with Crippen LogP contribution in [0.15, 0.2) is 0 Å². The van der Waals surface area contributed by atoms with Crippen LogP contribution in [0.4, 0.5) is 0 Å². The summed E-state index contributed by atoms with van der Waals surface area (Å²) >= 11 is 0. The molecular formula is C10H39AlO10S. The quantitative estimate of drug-likeness (QED) is 0.273. The maximum Gasteiger partial charge on any atom is 0.394 e. The van der Waals surface area contributed by atoms with Crippen molar-refractivity contribution in [1.82, 2.24) is 0 Å². The Hall–Kier alpha value is 0.162. The molecule has 0 spiro atoms. The first kappa shape index (κ1) is 57.3. The molecule has 0 unspecified atom stereocenters. The first-order chi connectivity index (χ1) is 6.91. The van der Waals surface area contributed by atoms with Gasteiger partial charge in [-0.2, -0.15) is 8.42 Å². The summed E-state index contributed by atoms with van der Waals surface area (Å²) in [6.45, 7) is 4.54. The van der Waals surface area contributed by atoms with Crippen LogP contribution >= 0.6 is 0 Å². The van der Waals surface area contributed by atoms with E-state index >= 15 is 0 Å². The molecule has 0 fully saturated rings. The maximum atomic E-state index is 8.74. The van der Waals surface area contributed by atoms with Crippen LogP contribution in [0, 0.1) is 0 Å². The summed E-state index contributed by atoms with van der Waals surface area (Å²) in [5, 5.41) is 0. The SMILES string of the molecule is CCCCCCCCCC.O.O.O.O.O.O.O=S(=O)(O)O.[AlH3]. The summed E-state index contributed by atoms with van der Waals surface area (Å²) in [6, 6.07) is 0. The van der Waals surface area contributed by atoms with Gasteiger partial charge in [0.05, 0.1) is 0 Å². The van der Waals surface area contributed by atoms with Crippen LogP contribution in [0.3, 0.4) is 0 Å². The summed E-state index contributed by atoms with van der Waals surface area (Å²) in [7, 11) is -4.67. The third-order valence-electron chi connectivity index (χ3n) is 1.96. The zero-order valence-corrected chi connectivity index (χ0v) is 13.6. The fourth-order valence-electron chi connectivity index (χ4n) is 1.21. The van der Waals surface area contributed by atoms with Crippen molar-refractivity contribution in [2.24, 2.45) is 0 Å². The first-order valence-corrected chi connectivity index (χ1v) is 7.01. The molecule has 148 valence electrons. The number of hydrogen-bond acceptors (Lipinski definition) is 2. The highest BCUT2D eigenvalue weighted by molar-refractivity contribution is 7.79. The predicted molar refractivity (Wildman–Crippen MR) is 94.1 cm³/mol. The van der Waals surface area contributed by atoms with Gasteiger partial charge in [0.1, 0.15) is 0 Å². The lowest BCUT2D eigenvalue weighted by atomic mass is 10.1.